The molecule has 4 N–H and O–H groups in total. The zero-order valence-corrected chi connectivity index (χ0v) is 19.2. The number of carbonyl (C=O) groups is 2. The first-order chi connectivity index (χ1) is 15.6. The number of anilines is 2. The van der Waals surface area contributed by atoms with Crippen LogP contribution in [0.4, 0.5) is 16.2 Å². The molecule has 4 rings (SSSR count). The zero-order valence-electron chi connectivity index (χ0n) is 16.8. The molecule has 3 aromatic rings. The fourth-order valence-corrected chi connectivity index (χ4v) is 5.64. The number of nitrogens with two attached hydrogens (primary N) is 1. The van der Waals surface area contributed by atoms with Crippen molar-refractivity contribution >= 4 is 56.6 Å². The first-order valence-corrected chi connectivity index (χ1v) is 11.8. The van der Waals surface area contributed by atoms with Crippen LogP contribution in [0.3, 0.4) is 0 Å². The summed E-state index contributed by atoms with van der Waals surface area (Å²) in [4.78, 5) is 24.3. The normalized spacial score (nSPS) is 15.2. The second-order valence-corrected chi connectivity index (χ2v) is 9.94. The third-order valence-corrected chi connectivity index (χ3v) is 7.09. The molecular formula is C22H17Cl2N3O5S. The van der Waals surface area contributed by atoms with Crippen LogP contribution in [0.1, 0.15) is 27.4 Å². The summed E-state index contributed by atoms with van der Waals surface area (Å²) in [6.45, 7) is 0.0717. The molecule has 0 saturated heterocycles. The number of carboxylic acid groups (broad SMARTS) is 1. The largest absolute Gasteiger partial charge is 0.465 e. The maximum atomic E-state index is 13.1. The Morgan fingerprint density at radius 2 is 1.67 bits per heavy atom. The van der Waals surface area contributed by atoms with E-state index in [1.54, 1.807) is 42.5 Å². The lowest BCUT2D eigenvalue weighted by molar-refractivity contribution is 0.1000. The predicted molar refractivity (Wildman–Crippen MR) is 126 cm³/mol. The molecule has 3 aromatic carbocycles. The van der Waals surface area contributed by atoms with Gasteiger partial charge in [-0.05, 0) is 48.0 Å². The number of primary amides is 1. The summed E-state index contributed by atoms with van der Waals surface area (Å²) < 4.78 is 28.7. The van der Waals surface area contributed by atoms with E-state index >= 15 is 0 Å². The lowest BCUT2D eigenvalue weighted by Gasteiger charge is -2.17. The molecule has 0 saturated carbocycles. The maximum Gasteiger partial charge on any atom is 0.411 e. The van der Waals surface area contributed by atoms with E-state index in [1.165, 1.54) is 18.2 Å². The van der Waals surface area contributed by atoms with E-state index < -0.39 is 27.9 Å². The van der Waals surface area contributed by atoms with E-state index in [2.05, 4.69) is 4.72 Å². The first-order valence-electron chi connectivity index (χ1n) is 9.59. The number of nitrogens with one attached hydrogen (secondary N) is 1. The quantitative estimate of drug-likeness (QED) is 0.469. The third-order valence-electron chi connectivity index (χ3n) is 5.31. The highest BCUT2D eigenvalue weighted by molar-refractivity contribution is 7.92. The molecule has 0 aromatic heterocycles. The van der Waals surface area contributed by atoms with Gasteiger partial charge in [-0.2, -0.15) is 0 Å². The minimum Gasteiger partial charge on any atom is -0.465 e. The molecule has 0 aliphatic carbocycles. The van der Waals surface area contributed by atoms with Crippen molar-refractivity contribution in [1.29, 1.82) is 0 Å². The standard InChI is InChI=1S/C22H17Cl2N3O5S/c23-14-8-15(24)10-16(9-14)33(31,32)26-18-2-1-3-19-20(18)17(11-27(19)22(29)30)12-4-6-13(7-5-12)21(25)28/h1-10,17,26H,11H2,(H2,25,28)(H,29,30). The van der Waals surface area contributed by atoms with Gasteiger partial charge in [0.1, 0.15) is 0 Å². The van der Waals surface area contributed by atoms with Crippen molar-refractivity contribution < 1.29 is 23.1 Å². The summed E-state index contributed by atoms with van der Waals surface area (Å²) in [5.74, 6) is -1.07. The van der Waals surface area contributed by atoms with E-state index in [0.29, 0.717) is 22.4 Å². The van der Waals surface area contributed by atoms with Crippen molar-refractivity contribution in [2.24, 2.45) is 5.73 Å². The Hall–Kier alpha value is -3.27. The molecule has 170 valence electrons. The number of benzene rings is 3. The van der Waals surface area contributed by atoms with Gasteiger partial charge in [0.25, 0.3) is 10.0 Å². The van der Waals surface area contributed by atoms with Crippen LogP contribution >= 0.6 is 23.2 Å². The number of amides is 2. The number of halogens is 2. The number of sulfonamides is 1. The summed E-state index contributed by atoms with van der Waals surface area (Å²) in [6, 6.07) is 15.1. The van der Waals surface area contributed by atoms with Gasteiger partial charge in [0, 0.05) is 33.6 Å². The number of hydrogen-bond acceptors (Lipinski definition) is 4. The number of rotatable bonds is 5. The Labute approximate surface area is 199 Å². The van der Waals surface area contributed by atoms with Gasteiger partial charge >= 0.3 is 6.09 Å². The average molecular weight is 506 g/mol. The topological polar surface area (TPSA) is 130 Å². The highest BCUT2D eigenvalue weighted by atomic mass is 35.5. The van der Waals surface area contributed by atoms with Gasteiger partial charge < -0.3 is 10.8 Å². The Kier molecular flexibility index (Phi) is 5.96. The molecular weight excluding hydrogens is 489 g/mol. The van der Waals surface area contributed by atoms with Gasteiger partial charge in [-0.3, -0.25) is 14.4 Å². The molecule has 0 radical (unpaired) electrons. The third kappa shape index (κ3) is 4.47. The number of fused-ring (bicyclic) bond motifs is 1. The first kappa shape index (κ1) is 22.9. The molecule has 2 amide bonds. The van der Waals surface area contributed by atoms with Gasteiger partial charge in [0.15, 0.2) is 0 Å². The summed E-state index contributed by atoms with van der Waals surface area (Å²) in [5.41, 5.74) is 7.37. The predicted octanol–water partition coefficient (Wildman–Crippen LogP) is 4.52. The van der Waals surface area contributed by atoms with Crippen molar-refractivity contribution in [3.63, 3.8) is 0 Å². The Balaban J connectivity index is 1.80. The molecule has 1 heterocycles. The van der Waals surface area contributed by atoms with E-state index in [-0.39, 0.29) is 27.2 Å². The second kappa shape index (κ2) is 8.58. The van der Waals surface area contributed by atoms with Crippen molar-refractivity contribution in [2.75, 3.05) is 16.2 Å². The fourth-order valence-electron chi connectivity index (χ4n) is 3.84. The van der Waals surface area contributed by atoms with Crippen LogP contribution in [0.15, 0.2) is 65.6 Å². The average Bonchev–Trinajstić information content (AvgIpc) is 3.14. The summed E-state index contributed by atoms with van der Waals surface area (Å²) in [6.07, 6.45) is -1.17. The minimum absolute atomic E-state index is 0.0717. The molecule has 1 atom stereocenters. The van der Waals surface area contributed by atoms with Crippen LogP contribution < -0.4 is 15.4 Å². The van der Waals surface area contributed by atoms with Crippen LogP contribution in [0.5, 0.6) is 0 Å². The van der Waals surface area contributed by atoms with Crippen LogP contribution in [0.2, 0.25) is 10.0 Å². The molecule has 11 heteroatoms. The summed E-state index contributed by atoms with van der Waals surface area (Å²) in [5, 5.41) is 10.0. The van der Waals surface area contributed by atoms with Crippen molar-refractivity contribution in [3.8, 4) is 0 Å². The number of carbonyl (C=O) groups excluding carboxylic acids is 1. The molecule has 1 aliphatic heterocycles. The molecule has 0 fully saturated rings. The Morgan fingerprint density at radius 1 is 1.03 bits per heavy atom. The molecule has 1 unspecified atom stereocenters. The van der Waals surface area contributed by atoms with Crippen molar-refractivity contribution in [2.45, 2.75) is 10.8 Å². The van der Waals surface area contributed by atoms with E-state index in [0.717, 1.165) is 4.90 Å². The lowest BCUT2D eigenvalue weighted by Crippen LogP contribution is -2.28. The summed E-state index contributed by atoms with van der Waals surface area (Å²) >= 11 is 11.9. The monoisotopic (exact) mass is 505 g/mol. The van der Waals surface area contributed by atoms with Crippen molar-refractivity contribution in [1.82, 2.24) is 0 Å². The Morgan fingerprint density at radius 3 is 2.24 bits per heavy atom. The molecule has 1 aliphatic rings. The molecule has 33 heavy (non-hydrogen) atoms. The minimum atomic E-state index is -4.09. The number of nitrogens with zero attached hydrogens (tertiary/aromatic N) is 1. The van der Waals surface area contributed by atoms with Gasteiger partial charge in [-0.25, -0.2) is 13.2 Å². The SMILES string of the molecule is NC(=O)c1ccc(C2CN(C(=O)O)c3cccc(NS(=O)(=O)c4cc(Cl)cc(Cl)c4)c32)cc1. The van der Waals surface area contributed by atoms with E-state index in [4.69, 9.17) is 28.9 Å². The number of hydrogen-bond donors (Lipinski definition) is 3. The van der Waals surface area contributed by atoms with Crippen LogP contribution in [0, 0.1) is 0 Å². The van der Waals surface area contributed by atoms with Gasteiger partial charge in [-0.1, -0.05) is 41.4 Å². The second-order valence-electron chi connectivity index (χ2n) is 7.38. The molecule has 8 nitrogen and oxygen atoms in total. The van der Waals surface area contributed by atoms with Gasteiger partial charge in [0.2, 0.25) is 5.91 Å². The maximum absolute atomic E-state index is 13.1. The lowest BCUT2D eigenvalue weighted by atomic mass is 9.91. The molecule has 0 spiro atoms. The highest BCUT2D eigenvalue weighted by Crippen LogP contribution is 2.45. The van der Waals surface area contributed by atoms with E-state index in [9.17, 15) is 23.1 Å². The molecule has 0 bridgehead atoms. The highest BCUT2D eigenvalue weighted by Gasteiger charge is 2.36. The fraction of sp³-hybridized carbons (Fsp3) is 0.0909. The smallest absolute Gasteiger partial charge is 0.411 e. The van der Waals surface area contributed by atoms with Crippen LogP contribution in [-0.2, 0) is 10.0 Å². The van der Waals surface area contributed by atoms with Gasteiger partial charge in [0.05, 0.1) is 16.3 Å². The van der Waals surface area contributed by atoms with Crippen LogP contribution in [-0.4, -0.2) is 32.1 Å². The summed E-state index contributed by atoms with van der Waals surface area (Å²) in [7, 11) is -4.09. The zero-order chi connectivity index (χ0) is 23.9. The van der Waals surface area contributed by atoms with Crippen LogP contribution in [0.25, 0.3) is 0 Å². The Bertz CT molecular complexity index is 1360. The van der Waals surface area contributed by atoms with Gasteiger partial charge in [-0.15, -0.1) is 0 Å². The van der Waals surface area contributed by atoms with E-state index in [1.807, 2.05) is 0 Å². The van der Waals surface area contributed by atoms with Crippen molar-refractivity contribution in [3.05, 3.63) is 87.4 Å².